The molecule has 0 aromatic rings. The molecule has 1 saturated heterocycles. The van der Waals surface area contributed by atoms with E-state index < -0.39 is 0 Å². The van der Waals surface area contributed by atoms with Crippen molar-refractivity contribution in [2.45, 2.75) is 19.8 Å². The summed E-state index contributed by atoms with van der Waals surface area (Å²) in [5, 5.41) is 3.35. The van der Waals surface area contributed by atoms with E-state index in [1.807, 2.05) is 0 Å². The molecular weight excluding hydrogens is 160 g/mol. The zero-order chi connectivity index (χ0) is 9.10. The highest BCUT2D eigenvalue weighted by Crippen LogP contribution is 2.17. The van der Waals surface area contributed by atoms with Crippen molar-refractivity contribution in [3.05, 3.63) is 11.6 Å². The summed E-state index contributed by atoms with van der Waals surface area (Å²) in [5.41, 5.74) is 1.67. The fourth-order valence-corrected chi connectivity index (χ4v) is 2.21. The lowest BCUT2D eigenvalue weighted by atomic mass is 10.0. The lowest BCUT2D eigenvalue weighted by molar-refractivity contribution is 0.114. The highest BCUT2D eigenvalue weighted by molar-refractivity contribution is 5.07. The number of nitrogens with zero attached hydrogens (tertiary/aromatic N) is 1. The number of likely N-dealkylation sites (tertiary alicyclic amines) is 1. The van der Waals surface area contributed by atoms with Crippen molar-refractivity contribution >= 4 is 0 Å². The molecule has 2 rings (SSSR count). The standard InChI is InChI=1S/C11H20N2/c1-10-8-13(9-10)7-4-11-2-5-12-6-3-11/h2,10,12H,3-9H2,1H3. The monoisotopic (exact) mass is 180 g/mol. The second kappa shape index (κ2) is 4.25. The number of hydrogen-bond acceptors (Lipinski definition) is 2. The molecule has 0 atom stereocenters. The summed E-state index contributed by atoms with van der Waals surface area (Å²) in [6.45, 7) is 8.54. The van der Waals surface area contributed by atoms with Crippen LogP contribution >= 0.6 is 0 Å². The lowest BCUT2D eigenvalue weighted by Gasteiger charge is -2.37. The molecule has 2 aliphatic heterocycles. The topological polar surface area (TPSA) is 15.3 Å². The van der Waals surface area contributed by atoms with Crippen LogP contribution in [0.2, 0.25) is 0 Å². The molecule has 1 N–H and O–H groups in total. The Balaban J connectivity index is 1.64. The first kappa shape index (κ1) is 9.22. The maximum absolute atomic E-state index is 3.35. The van der Waals surface area contributed by atoms with E-state index in [0.717, 1.165) is 12.5 Å². The van der Waals surface area contributed by atoms with Gasteiger partial charge in [-0.2, -0.15) is 0 Å². The van der Waals surface area contributed by atoms with Gasteiger partial charge in [0.05, 0.1) is 0 Å². The Hall–Kier alpha value is -0.340. The third-order valence-electron chi connectivity index (χ3n) is 3.05. The van der Waals surface area contributed by atoms with Crippen molar-refractivity contribution in [1.29, 1.82) is 0 Å². The third-order valence-corrected chi connectivity index (χ3v) is 3.05. The van der Waals surface area contributed by atoms with E-state index in [4.69, 9.17) is 0 Å². The van der Waals surface area contributed by atoms with Crippen LogP contribution in [0.5, 0.6) is 0 Å². The predicted molar refractivity (Wildman–Crippen MR) is 55.8 cm³/mol. The van der Waals surface area contributed by atoms with E-state index in [-0.39, 0.29) is 0 Å². The molecule has 2 heterocycles. The predicted octanol–water partition coefficient (Wildman–Crippen LogP) is 1.25. The highest BCUT2D eigenvalue weighted by Gasteiger charge is 2.21. The maximum Gasteiger partial charge on any atom is 0.0137 e. The van der Waals surface area contributed by atoms with Gasteiger partial charge in [0.1, 0.15) is 0 Å². The Bertz CT molecular complexity index is 192. The van der Waals surface area contributed by atoms with Crippen molar-refractivity contribution in [1.82, 2.24) is 10.2 Å². The van der Waals surface area contributed by atoms with Gasteiger partial charge in [-0.25, -0.2) is 0 Å². The van der Waals surface area contributed by atoms with Crippen molar-refractivity contribution in [3.8, 4) is 0 Å². The summed E-state index contributed by atoms with van der Waals surface area (Å²) in [6.07, 6.45) is 4.94. The molecule has 0 aromatic heterocycles. The van der Waals surface area contributed by atoms with Gasteiger partial charge in [0.15, 0.2) is 0 Å². The van der Waals surface area contributed by atoms with Crippen LogP contribution in [0.3, 0.4) is 0 Å². The van der Waals surface area contributed by atoms with Gasteiger partial charge in [-0.3, -0.25) is 0 Å². The summed E-state index contributed by atoms with van der Waals surface area (Å²) in [6, 6.07) is 0. The maximum atomic E-state index is 3.35. The molecule has 0 aliphatic carbocycles. The van der Waals surface area contributed by atoms with Crippen LogP contribution in [-0.4, -0.2) is 37.6 Å². The van der Waals surface area contributed by atoms with Gasteiger partial charge in [-0.05, 0) is 25.3 Å². The van der Waals surface area contributed by atoms with Gasteiger partial charge in [0.25, 0.3) is 0 Å². The highest BCUT2D eigenvalue weighted by atomic mass is 15.2. The summed E-state index contributed by atoms with van der Waals surface area (Å²) in [4.78, 5) is 2.56. The fraction of sp³-hybridized carbons (Fsp3) is 0.818. The molecule has 2 nitrogen and oxygen atoms in total. The molecule has 0 unspecified atom stereocenters. The molecular formula is C11H20N2. The van der Waals surface area contributed by atoms with E-state index in [2.05, 4.69) is 23.2 Å². The van der Waals surface area contributed by atoms with Crippen LogP contribution in [0.25, 0.3) is 0 Å². The summed E-state index contributed by atoms with van der Waals surface area (Å²) in [7, 11) is 0. The first-order valence-corrected chi connectivity index (χ1v) is 5.45. The first-order valence-electron chi connectivity index (χ1n) is 5.45. The minimum absolute atomic E-state index is 0.946. The molecule has 0 spiro atoms. The van der Waals surface area contributed by atoms with Crippen LogP contribution in [0.4, 0.5) is 0 Å². The molecule has 74 valence electrons. The van der Waals surface area contributed by atoms with Gasteiger partial charge in [-0.1, -0.05) is 18.6 Å². The number of rotatable bonds is 3. The average molecular weight is 180 g/mol. The summed E-state index contributed by atoms with van der Waals surface area (Å²) in [5.74, 6) is 0.946. The van der Waals surface area contributed by atoms with Gasteiger partial charge < -0.3 is 10.2 Å². The Labute approximate surface area is 81.0 Å². The van der Waals surface area contributed by atoms with E-state index in [0.29, 0.717) is 0 Å². The summed E-state index contributed by atoms with van der Waals surface area (Å²) < 4.78 is 0. The Kier molecular flexibility index (Phi) is 3.01. The van der Waals surface area contributed by atoms with Gasteiger partial charge in [0, 0.05) is 26.2 Å². The molecule has 0 radical (unpaired) electrons. The third kappa shape index (κ3) is 2.55. The van der Waals surface area contributed by atoms with Gasteiger partial charge in [0.2, 0.25) is 0 Å². The van der Waals surface area contributed by atoms with Crippen LogP contribution in [0.1, 0.15) is 19.8 Å². The Morgan fingerprint density at radius 2 is 2.38 bits per heavy atom. The first-order chi connectivity index (χ1) is 6.34. The van der Waals surface area contributed by atoms with E-state index in [9.17, 15) is 0 Å². The van der Waals surface area contributed by atoms with Crippen LogP contribution in [0.15, 0.2) is 11.6 Å². The lowest BCUT2D eigenvalue weighted by Crippen LogP contribution is -2.45. The Morgan fingerprint density at radius 3 is 3.00 bits per heavy atom. The normalized spacial score (nSPS) is 25.5. The molecule has 2 aliphatic rings. The molecule has 1 fully saturated rings. The van der Waals surface area contributed by atoms with Gasteiger partial charge >= 0.3 is 0 Å². The number of hydrogen-bond donors (Lipinski definition) is 1. The zero-order valence-corrected chi connectivity index (χ0v) is 8.55. The molecule has 13 heavy (non-hydrogen) atoms. The molecule has 0 saturated carbocycles. The van der Waals surface area contributed by atoms with E-state index in [1.54, 1.807) is 5.57 Å². The number of nitrogens with one attached hydrogen (secondary N) is 1. The molecule has 0 aromatic carbocycles. The molecule has 2 heteroatoms. The van der Waals surface area contributed by atoms with Crippen LogP contribution in [-0.2, 0) is 0 Å². The quantitative estimate of drug-likeness (QED) is 0.658. The second-order valence-electron chi connectivity index (χ2n) is 4.43. The van der Waals surface area contributed by atoms with Gasteiger partial charge in [-0.15, -0.1) is 0 Å². The van der Waals surface area contributed by atoms with Crippen LogP contribution in [0, 0.1) is 5.92 Å². The fourth-order valence-electron chi connectivity index (χ4n) is 2.21. The van der Waals surface area contributed by atoms with E-state index >= 15 is 0 Å². The van der Waals surface area contributed by atoms with Crippen molar-refractivity contribution in [2.24, 2.45) is 5.92 Å². The zero-order valence-electron chi connectivity index (χ0n) is 8.55. The molecule has 0 amide bonds. The largest absolute Gasteiger partial charge is 0.313 e. The van der Waals surface area contributed by atoms with Crippen molar-refractivity contribution in [2.75, 3.05) is 32.7 Å². The smallest absolute Gasteiger partial charge is 0.0137 e. The van der Waals surface area contributed by atoms with Crippen LogP contribution < -0.4 is 5.32 Å². The minimum Gasteiger partial charge on any atom is -0.313 e. The van der Waals surface area contributed by atoms with E-state index in [1.165, 1.54) is 39.0 Å². The van der Waals surface area contributed by atoms with Crippen molar-refractivity contribution < 1.29 is 0 Å². The van der Waals surface area contributed by atoms with Crippen molar-refractivity contribution in [3.63, 3.8) is 0 Å². The second-order valence-corrected chi connectivity index (χ2v) is 4.43. The minimum atomic E-state index is 0.946. The SMILES string of the molecule is CC1CN(CCC2=CCNCC2)C1. The summed E-state index contributed by atoms with van der Waals surface area (Å²) >= 11 is 0. The molecule has 0 bridgehead atoms. The Morgan fingerprint density at radius 1 is 1.54 bits per heavy atom. The average Bonchev–Trinajstić information content (AvgIpc) is 2.12.